The molecule has 1 aliphatic carbocycles. The number of amides is 1. The van der Waals surface area contributed by atoms with E-state index in [-0.39, 0.29) is 6.04 Å². The molecule has 1 saturated heterocycles. The van der Waals surface area contributed by atoms with Gasteiger partial charge in [-0.2, -0.15) is 0 Å². The van der Waals surface area contributed by atoms with Crippen molar-refractivity contribution in [2.75, 3.05) is 13.1 Å². The van der Waals surface area contributed by atoms with Crippen LogP contribution in [-0.4, -0.2) is 41.5 Å². The summed E-state index contributed by atoms with van der Waals surface area (Å²) < 4.78 is 2.19. The maximum atomic E-state index is 11.0. The number of carbonyl (C=O) groups is 1. The van der Waals surface area contributed by atoms with E-state index in [0.717, 1.165) is 41.3 Å². The molecule has 1 fully saturated rings. The van der Waals surface area contributed by atoms with Gasteiger partial charge in [-0.1, -0.05) is 6.92 Å². The van der Waals surface area contributed by atoms with Crippen LogP contribution in [0.25, 0.3) is 10.9 Å². The molecule has 24 heavy (non-hydrogen) atoms. The van der Waals surface area contributed by atoms with Crippen molar-refractivity contribution in [3.8, 4) is 0 Å². The number of nitrogens with zero attached hydrogens (tertiary/aromatic N) is 1. The van der Waals surface area contributed by atoms with Crippen molar-refractivity contribution in [2.45, 2.75) is 44.7 Å². The Balaban J connectivity index is 1.89. The normalized spacial score (nSPS) is 26.4. The van der Waals surface area contributed by atoms with E-state index < -0.39 is 0 Å². The second kappa shape index (κ2) is 6.15. The first kappa shape index (κ1) is 16.6. The molecule has 2 N–H and O–H groups in total. The molecule has 6 heteroatoms. The third-order valence-corrected chi connectivity index (χ3v) is 7.75. The molecule has 4 nitrogen and oxygen atoms in total. The van der Waals surface area contributed by atoms with E-state index >= 15 is 0 Å². The summed E-state index contributed by atoms with van der Waals surface area (Å²) in [5, 5.41) is 4.40. The standard InChI is InChI=1S/C18H21Br2N3O/c1-3-23-7-10(21-8-24)4-12-13-5-14(19)17(20)18-16(13)11(6-15(12)23)9(2)22-18/h5,8,10,12,15,22H,3-4,6-7H2,1-2H3,(H,21,24)/t10-,12+,15+/m0/s1. The molecule has 128 valence electrons. The van der Waals surface area contributed by atoms with E-state index in [1.807, 2.05) is 0 Å². The van der Waals surface area contributed by atoms with Crippen LogP contribution in [0.1, 0.15) is 36.1 Å². The Morgan fingerprint density at radius 3 is 2.96 bits per heavy atom. The summed E-state index contributed by atoms with van der Waals surface area (Å²) in [5.41, 5.74) is 5.33. The molecule has 0 radical (unpaired) electrons. The van der Waals surface area contributed by atoms with Gasteiger partial charge in [0, 0.05) is 40.1 Å². The van der Waals surface area contributed by atoms with Gasteiger partial charge in [0.15, 0.2) is 0 Å². The van der Waals surface area contributed by atoms with Crippen LogP contribution in [0.3, 0.4) is 0 Å². The van der Waals surface area contributed by atoms with E-state index in [1.165, 1.54) is 27.7 Å². The molecule has 1 aliphatic heterocycles. The number of rotatable bonds is 3. The number of halogens is 2. The molecule has 1 aromatic carbocycles. The molecule has 1 aromatic heterocycles. The molecule has 1 amide bonds. The summed E-state index contributed by atoms with van der Waals surface area (Å²) >= 11 is 7.43. The molecular formula is C18H21Br2N3O. The smallest absolute Gasteiger partial charge is 0.207 e. The van der Waals surface area contributed by atoms with Crippen molar-refractivity contribution in [2.24, 2.45) is 0 Å². The van der Waals surface area contributed by atoms with Crippen LogP contribution in [-0.2, 0) is 11.2 Å². The third-order valence-electron chi connectivity index (χ3n) is 5.77. The number of nitrogens with one attached hydrogen (secondary N) is 2. The van der Waals surface area contributed by atoms with Gasteiger partial charge in [0.2, 0.25) is 6.41 Å². The molecule has 2 aromatic rings. The Kier molecular flexibility index (Phi) is 4.25. The van der Waals surface area contributed by atoms with Gasteiger partial charge >= 0.3 is 0 Å². The number of aryl methyl sites for hydroxylation is 1. The zero-order chi connectivity index (χ0) is 17.0. The van der Waals surface area contributed by atoms with Gasteiger partial charge in [0.25, 0.3) is 0 Å². The first-order valence-corrected chi connectivity index (χ1v) is 10.1. The summed E-state index contributed by atoms with van der Waals surface area (Å²) in [5.74, 6) is 0.450. The highest BCUT2D eigenvalue weighted by atomic mass is 79.9. The number of H-pyrrole nitrogens is 1. The second-order valence-electron chi connectivity index (χ2n) is 6.92. The summed E-state index contributed by atoms with van der Waals surface area (Å²) in [7, 11) is 0. The van der Waals surface area contributed by atoms with Crippen LogP contribution >= 0.6 is 31.9 Å². The van der Waals surface area contributed by atoms with Crippen molar-refractivity contribution < 1.29 is 4.79 Å². The molecule has 0 bridgehead atoms. The third kappa shape index (κ3) is 2.37. The number of aromatic amines is 1. The largest absolute Gasteiger partial charge is 0.357 e. The Morgan fingerprint density at radius 2 is 2.25 bits per heavy atom. The highest BCUT2D eigenvalue weighted by Crippen LogP contribution is 2.47. The fourth-order valence-electron chi connectivity index (χ4n) is 4.69. The number of carbonyl (C=O) groups excluding carboxylic acids is 1. The summed E-state index contributed by atoms with van der Waals surface area (Å²) in [6.45, 7) is 6.34. The SMILES string of the molecule is CCN1C[C@@H](NC=O)C[C@@H]2c3cc(Br)c(Br)c4[nH]c(C)c(c34)C[C@H]21. The summed E-state index contributed by atoms with van der Waals surface area (Å²) in [4.78, 5) is 17.1. The second-order valence-corrected chi connectivity index (χ2v) is 8.57. The van der Waals surface area contributed by atoms with Crippen LogP contribution < -0.4 is 5.32 Å². The molecule has 3 atom stereocenters. The predicted octanol–water partition coefficient (Wildman–Crippen LogP) is 3.85. The number of hydrogen-bond donors (Lipinski definition) is 2. The van der Waals surface area contributed by atoms with E-state index in [0.29, 0.717) is 12.0 Å². The average molecular weight is 455 g/mol. The topological polar surface area (TPSA) is 48.1 Å². The Bertz CT molecular complexity index is 816. The van der Waals surface area contributed by atoms with Crippen LogP contribution in [0.2, 0.25) is 0 Å². The van der Waals surface area contributed by atoms with Crippen LogP contribution in [0.15, 0.2) is 15.0 Å². The highest BCUT2D eigenvalue weighted by Gasteiger charge is 2.41. The fraction of sp³-hybridized carbons (Fsp3) is 0.500. The first-order valence-electron chi connectivity index (χ1n) is 8.47. The summed E-state index contributed by atoms with van der Waals surface area (Å²) in [6.07, 6.45) is 2.94. The minimum Gasteiger partial charge on any atom is -0.357 e. The van der Waals surface area contributed by atoms with Gasteiger partial charge in [-0.15, -0.1) is 0 Å². The van der Waals surface area contributed by atoms with E-state index in [1.54, 1.807) is 0 Å². The molecule has 0 saturated carbocycles. The molecule has 4 rings (SSSR count). The maximum Gasteiger partial charge on any atom is 0.207 e. The minimum atomic E-state index is 0.225. The number of hydrogen-bond acceptors (Lipinski definition) is 2. The molecular weight excluding hydrogens is 434 g/mol. The van der Waals surface area contributed by atoms with Crippen LogP contribution in [0.4, 0.5) is 0 Å². The highest BCUT2D eigenvalue weighted by molar-refractivity contribution is 9.13. The van der Waals surface area contributed by atoms with Crippen molar-refractivity contribution in [3.05, 3.63) is 31.8 Å². The van der Waals surface area contributed by atoms with Gasteiger partial charge in [-0.05, 0) is 75.4 Å². The van der Waals surface area contributed by atoms with Crippen molar-refractivity contribution >= 4 is 49.2 Å². The predicted molar refractivity (Wildman–Crippen MR) is 104 cm³/mol. The first-order chi connectivity index (χ1) is 11.5. The van der Waals surface area contributed by atoms with Crippen molar-refractivity contribution in [1.29, 1.82) is 0 Å². The van der Waals surface area contributed by atoms with E-state index in [9.17, 15) is 4.79 Å². The average Bonchev–Trinajstić information content (AvgIpc) is 2.90. The van der Waals surface area contributed by atoms with Crippen LogP contribution in [0.5, 0.6) is 0 Å². The minimum absolute atomic E-state index is 0.225. The van der Waals surface area contributed by atoms with Gasteiger partial charge < -0.3 is 10.3 Å². The summed E-state index contributed by atoms with van der Waals surface area (Å²) in [6, 6.07) is 3.01. The van der Waals surface area contributed by atoms with Crippen molar-refractivity contribution in [1.82, 2.24) is 15.2 Å². The van der Waals surface area contributed by atoms with Gasteiger partial charge in [-0.25, -0.2) is 0 Å². The lowest BCUT2D eigenvalue weighted by Crippen LogP contribution is -2.55. The number of aromatic nitrogens is 1. The molecule has 0 unspecified atom stereocenters. The lowest BCUT2D eigenvalue weighted by Gasteiger charge is -2.47. The van der Waals surface area contributed by atoms with E-state index in [2.05, 4.69) is 67.0 Å². The Morgan fingerprint density at radius 1 is 1.46 bits per heavy atom. The Labute approximate surface area is 158 Å². The molecule has 2 aliphatic rings. The van der Waals surface area contributed by atoms with Gasteiger partial charge in [-0.3, -0.25) is 9.69 Å². The maximum absolute atomic E-state index is 11.0. The monoisotopic (exact) mass is 453 g/mol. The number of benzene rings is 1. The van der Waals surface area contributed by atoms with Crippen LogP contribution in [0, 0.1) is 6.92 Å². The Hall–Kier alpha value is -0.850. The zero-order valence-corrected chi connectivity index (χ0v) is 17.0. The van der Waals surface area contributed by atoms with Crippen molar-refractivity contribution in [3.63, 3.8) is 0 Å². The zero-order valence-electron chi connectivity index (χ0n) is 13.8. The van der Waals surface area contributed by atoms with E-state index in [4.69, 9.17) is 0 Å². The van der Waals surface area contributed by atoms with Gasteiger partial charge in [0.1, 0.15) is 0 Å². The number of likely N-dealkylation sites (tertiary alicyclic amines) is 1. The molecule has 2 heterocycles. The fourth-order valence-corrected chi connectivity index (χ4v) is 5.55. The lowest BCUT2D eigenvalue weighted by molar-refractivity contribution is -0.110. The number of likely N-dealkylation sites (N-methyl/N-ethyl adjacent to an activating group) is 1. The number of fused-ring (bicyclic) bond motifs is 2. The number of piperidine rings is 1. The molecule has 0 spiro atoms. The lowest BCUT2D eigenvalue weighted by atomic mass is 9.73. The van der Waals surface area contributed by atoms with Gasteiger partial charge in [0.05, 0.1) is 9.99 Å². The quantitative estimate of drug-likeness (QED) is 0.692.